The maximum Gasteiger partial charge on any atom is 0.143 e. The van der Waals surface area contributed by atoms with Crippen molar-refractivity contribution in [3.8, 4) is 5.75 Å². The number of halogens is 1. The average Bonchev–Trinajstić information content (AvgIpc) is 2.38. The molecule has 5 heteroatoms. The quantitative estimate of drug-likeness (QED) is 0.878. The molecule has 0 radical (unpaired) electrons. The lowest BCUT2D eigenvalue weighted by Gasteiger charge is -2.14. The Balaban J connectivity index is 2.40. The number of hydrogen-bond acceptors (Lipinski definition) is 4. The van der Waals surface area contributed by atoms with Crippen LogP contribution in [0.2, 0.25) is 0 Å². The van der Waals surface area contributed by atoms with E-state index < -0.39 is 11.9 Å². The Kier molecular flexibility index (Phi) is 3.30. The van der Waals surface area contributed by atoms with Crippen molar-refractivity contribution in [1.29, 1.82) is 0 Å². The van der Waals surface area contributed by atoms with Crippen molar-refractivity contribution < 1.29 is 14.2 Å². The fourth-order valence-corrected chi connectivity index (χ4v) is 1.54. The molecule has 1 unspecified atom stereocenters. The second-order valence-corrected chi connectivity index (χ2v) is 3.46. The van der Waals surface area contributed by atoms with Crippen molar-refractivity contribution in [3.63, 3.8) is 0 Å². The average molecular weight is 234 g/mol. The van der Waals surface area contributed by atoms with Gasteiger partial charge in [-0.1, -0.05) is 0 Å². The second-order valence-electron chi connectivity index (χ2n) is 3.46. The van der Waals surface area contributed by atoms with E-state index >= 15 is 0 Å². The van der Waals surface area contributed by atoms with Gasteiger partial charge in [-0.25, -0.2) is 4.39 Å². The smallest absolute Gasteiger partial charge is 0.143 e. The van der Waals surface area contributed by atoms with Crippen molar-refractivity contribution in [2.24, 2.45) is 0 Å². The summed E-state index contributed by atoms with van der Waals surface area (Å²) in [5, 5.41) is 10.1. The Labute approximate surface area is 97.7 Å². The molecule has 1 atom stereocenters. The number of methoxy groups -OCH3 is 1. The van der Waals surface area contributed by atoms with Crippen LogP contribution in [0.1, 0.15) is 17.2 Å². The van der Waals surface area contributed by atoms with Gasteiger partial charge >= 0.3 is 0 Å². The Morgan fingerprint density at radius 1 is 1.29 bits per heavy atom. The first-order valence-electron chi connectivity index (χ1n) is 4.99. The lowest BCUT2D eigenvalue weighted by atomic mass is 10.0. The molecule has 17 heavy (non-hydrogen) atoms. The van der Waals surface area contributed by atoms with Crippen LogP contribution >= 0.6 is 0 Å². The van der Waals surface area contributed by atoms with E-state index in [1.54, 1.807) is 6.07 Å². The van der Waals surface area contributed by atoms with Crippen molar-refractivity contribution in [2.75, 3.05) is 7.11 Å². The van der Waals surface area contributed by atoms with Crippen LogP contribution in [0.5, 0.6) is 5.75 Å². The number of aromatic nitrogens is 2. The fourth-order valence-electron chi connectivity index (χ4n) is 1.54. The largest absolute Gasteiger partial charge is 0.495 e. The van der Waals surface area contributed by atoms with E-state index in [1.165, 1.54) is 31.8 Å². The number of pyridine rings is 2. The molecule has 88 valence electrons. The van der Waals surface area contributed by atoms with Crippen LogP contribution in [0.25, 0.3) is 0 Å². The van der Waals surface area contributed by atoms with Crippen LogP contribution in [-0.4, -0.2) is 22.2 Å². The second kappa shape index (κ2) is 4.88. The van der Waals surface area contributed by atoms with Gasteiger partial charge in [-0.05, 0) is 12.1 Å². The molecule has 0 aliphatic rings. The van der Waals surface area contributed by atoms with Crippen LogP contribution in [0.4, 0.5) is 4.39 Å². The molecule has 0 fully saturated rings. The van der Waals surface area contributed by atoms with E-state index in [9.17, 15) is 9.50 Å². The third-order valence-electron chi connectivity index (χ3n) is 2.37. The summed E-state index contributed by atoms with van der Waals surface area (Å²) in [5.41, 5.74) is 0.893. The molecular formula is C12H11FN2O2. The van der Waals surface area contributed by atoms with E-state index in [-0.39, 0.29) is 0 Å². The van der Waals surface area contributed by atoms with Gasteiger partial charge < -0.3 is 9.84 Å². The Bertz CT molecular complexity index is 519. The van der Waals surface area contributed by atoms with Gasteiger partial charge in [-0.2, -0.15) is 0 Å². The van der Waals surface area contributed by atoms with Gasteiger partial charge in [0.05, 0.1) is 19.5 Å². The van der Waals surface area contributed by atoms with Crippen LogP contribution in [0.15, 0.2) is 36.9 Å². The molecule has 4 nitrogen and oxygen atoms in total. The van der Waals surface area contributed by atoms with Crippen molar-refractivity contribution >= 4 is 0 Å². The summed E-state index contributed by atoms with van der Waals surface area (Å²) in [6.07, 6.45) is 4.53. The minimum Gasteiger partial charge on any atom is -0.495 e. The number of nitrogens with zero attached hydrogens (tertiary/aromatic N) is 2. The molecule has 0 aliphatic heterocycles. The highest BCUT2D eigenvalue weighted by Crippen LogP contribution is 2.28. The molecule has 2 aromatic heterocycles. The predicted octanol–water partition coefficient (Wildman–Crippen LogP) is 1.71. The topological polar surface area (TPSA) is 55.2 Å². The number of hydrogen-bond donors (Lipinski definition) is 1. The number of ether oxygens (including phenoxy) is 1. The summed E-state index contributed by atoms with van der Waals surface area (Å²) in [4.78, 5) is 7.58. The summed E-state index contributed by atoms with van der Waals surface area (Å²) in [6, 6.07) is 2.85. The molecule has 0 amide bonds. The first kappa shape index (κ1) is 11.5. The fraction of sp³-hybridized carbons (Fsp3) is 0.167. The maximum atomic E-state index is 13.0. The van der Waals surface area contributed by atoms with Crippen molar-refractivity contribution in [1.82, 2.24) is 9.97 Å². The maximum absolute atomic E-state index is 13.0. The van der Waals surface area contributed by atoms with Crippen LogP contribution in [-0.2, 0) is 0 Å². The zero-order valence-electron chi connectivity index (χ0n) is 9.17. The van der Waals surface area contributed by atoms with E-state index in [4.69, 9.17) is 4.74 Å². The minimum atomic E-state index is -0.990. The van der Waals surface area contributed by atoms with Gasteiger partial charge in [0.1, 0.15) is 17.7 Å². The molecule has 0 bridgehead atoms. The van der Waals surface area contributed by atoms with Gasteiger partial charge in [-0.15, -0.1) is 0 Å². The summed E-state index contributed by atoms with van der Waals surface area (Å²) >= 11 is 0. The van der Waals surface area contributed by atoms with Crippen LogP contribution < -0.4 is 4.74 Å². The van der Waals surface area contributed by atoms with Crippen molar-refractivity contribution in [2.45, 2.75) is 6.10 Å². The SMILES string of the molecule is COc1cnccc1C(O)c1cncc(F)c1. The van der Waals surface area contributed by atoms with Gasteiger partial charge in [0.15, 0.2) is 0 Å². The first-order valence-corrected chi connectivity index (χ1v) is 4.99. The van der Waals surface area contributed by atoms with Crippen molar-refractivity contribution in [3.05, 3.63) is 53.9 Å². The zero-order valence-corrected chi connectivity index (χ0v) is 9.17. The number of rotatable bonds is 3. The van der Waals surface area contributed by atoms with Crippen LogP contribution in [0.3, 0.4) is 0 Å². The Hall–Kier alpha value is -2.01. The molecule has 2 aromatic rings. The standard InChI is InChI=1S/C12H11FN2O2/c1-17-11-7-14-3-2-10(11)12(16)8-4-9(13)6-15-5-8/h2-7,12,16H,1H3. The monoisotopic (exact) mass is 234 g/mol. The third kappa shape index (κ3) is 2.39. The highest BCUT2D eigenvalue weighted by Gasteiger charge is 2.16. The molecule has 2 rings (SSSR count). The van der Waals surface area contributed by atoms with Gasteiger partial charge in [0.25, 0.3) is 0 Å². The Morgan fingerprint density at radius 2 is 2.12 bits per heavy atom. The minimum absolute atomic E-state index is 0.370. The molecule has 1 N–H and O–H groups in total. The normalized spacial score (nSPS) is 12.2. The van der Waals surface area contributed by atoms with Gasteiger partial charge in [-0.3, -0.25) is 9.97 Å². The van der Waals surface area contributed by atoms with E-state index in [1.807, 2.05) is 0 Å². The summed E-state index contributed by atoms with van der Waals surface area (Å²) in [5.74, 6) is -0.0427. The van der Waals surface area contributed by atoms with Gasteiger partial charge in [0.2, 0.25) is 0 Å². The van der Waals surface area contributed by atoms with E-state index in [0.717, 1.165) is 6.20 Å². The number of aliphatic hydroxyl groups excluding tert-OH is 1. The lowest BCUT2D eigenvalue weighted by molar-refractivity contribution is 0.213. The zero-order chi connectivity index (χ0) is 12.3. The van der Waals surface area contributed by atoms with Crippen LogP contribution in [0, 0.1) is 5.82 Å². The molecule has 0 aliphatic carbocycles. The van der Waals surface area contributed by atoms with E-state index in [2.05, 4.69) is 9.97 Å². The molecule has 0 saturated heterocycles. The predicted molar refractivity (Wildman–Crippen MR) is 59.0 cm³/mol. The van der Waals surface area contributed by atoms with E-state index in [0.29, 0.717) is 16.9 Å². The molecule has 0 saturated carbocycles. The highest BCUT2D eigenvalue weighted by molar-refractivity contribution is 5.37. The highest BCUT2D eigenvalue weighted by atomic mass is 19.1. The lowest BCUT2D eigenvalue weighted by Crippen LogP contribution is -2.03. The summed E-state index contributed by atoms with van der Waals surface area (Å²) < 4.78 is 18.1. The first-order chi connectivity index (χ1) is 8.22. The molecule has 0 aromatic carbocycles. The molecular weight excluding hydrogens is 223 g/mol. The molecule has 2 heterocycles. The number of aliphatic hydroxyl groups is 1. The van der Waals surface area contributed by atoms with Gasteiger partial charge in [0, 0.05) is 23.5 Å². The summed E-state index contributed by atoms with van der Waals surface area (Å²) in [6.45, 7) is 0. The third-order valence-corrected chi connectivity index (χ3v) is 2.37. The summed E-state index contributed by atoms with van der Waals surface area (Å²) in [7, 11) is 1.48. The molecule has 0 spiro atoms. The Morgan fingerprint density at radius 3 is 2.82 bits per heavy atom.